The Bertz CT molecular complexity index is 1130. The van der Waals surface area contributed by atoms with Crippen molar-refractivity contribution in [2.75, 3.05) is 33.2 Å². The van der Waals surface area contributed by atoms with E-state index < -0.39 is 0 Å². The quantitative estimate of drug-likeness (QED) is 0.463. The average Bonchev–Trinajstić information content (AvgIpc) is 3.43. The van der Waals surface area contributed by atoms with Crippen molar-refractivity contribution in [1.82, 2.24) is 20.2 Å². The highest BCUT2D eigenvalue weighted by atomic mass is 16.5. The minimum absolute atomic E-state index is 0.434. The number of ether oxygens (including phenoxy) is 2. The molecule has 8 nitrogen and oxygen atoms in total. The second-order valence-corrected chi connectivity index (χ2v) is 6.99. The van der Waals surface area contributed by atoms with E-state index in [2.05, 4.69) is 32.5 Å². The molecule has 0 unspecified atom stereocenters. The lowest BCUT2D eigenvalue weighted by atomic mass is 10.1. The van der Waals surface area contributed by atoms with Crippen molar-refractivity contribution < 1.29 is 14.0 Å². The van der Waals surface area contributed by atoms with Crippen molar-refractivity contribution in [1.29, 1.82) is 0 Å². The van der Waals surface area contributed by atoms with Gasteiger partial charge in [-0.3, -0.25) is 0 Å². The molecule has 0 saturated carbocycles. The van der Waals surface area contributed by atoms with Crippen LogP contribution in [0.4, 0.5) is 5.69 Å². The summed E-state index contributed by atoms with van der Waals surface area (Å²) >= 11 is 0. The van der Waals surface area contributed by atoms with Crippen LogP contribution in [0.15, 0.2) is 59.3 Å². The topological polar surface area (TPSA) is 78.4 Å². The molecule has 0 aliphatic rings. The zero-order valence-electron chi connectivity index (χ0n) is 17.4. The molecule has 0 N–H and O–H groups in total. The Balaban J connectivity index is 1.49. The van der Waals surface area contributed by atoms with Crippen LogP contribution in [0.2, 0.25) is 0 Å². The van der Waals surface area contributed by atoms with Crippen molar-refractivity contribution in [2.24, 2.45) is 0 Å². The third-order valence-electron chi connectivity index (χ3n) is 4.77. The zero-order chi connectivity index (χ0) is 21.1. The first-order valence-electron chi connectivity index (χ1n) is 9.43. The first-order valence-corrected chi connectivity index (χ1v) is 9.43. The van der Waals surface area contributed by atoms with Crippen LogP contribution >= 0.6 is 0 Å². The van der Waals surface area contributed by atoms with Crippen LogP contribution in [0.5, 0.6) is 11.5 Å². The number of methoxy groups -OCH3 is 2. The maximum Gasteiger partial charge on any atom is 0.161 e. The van der Waals surface area contributed by atoms with Crippen LogP contribution in [-0.4, -0.2) is 48.5 Å². The van der Waals surface area contributed by atoms with Crippen molar-refractivity contribution in [3.05, 3.63) is 60.5 Å². The molecular formula is C22H23N5O3. The minimum atomic E-state index is 0.434. The van der Waals surface area contributed by atoms with Gasteiger partial charge in [0.25, 0.3) is 0 Å². The Morgan fingerprint density at radius 1 is 0.900 bits per heavy atom. The van der Waals surface area contributed by atoms with E-state index in [1.165, 1.54) is 0 Å². The molecule has 154 valence electrons. The molecule has 0 radical (unpaired) electrons. The Labute approximate surface area is 174 Å². The molecule has 0 saturated heterocycles. The van der Waals surface area contributed by atoms with E-state index >= 15 is 0 Å². The van der Waals surface area contributed by atoms with Gasteiger partial charge in [0.2, 0.25) is 0 Å². The van der Waals surface area contributed by atoms with Crippen LogP contribution in [0, 0.1) is 0 Å². The van der Waals surface area contributed by atoms with E-state index in [1.807, 2.05) is 56.7 Å². The molecule has 0 aliphatic heterocycles. The molecule has 0 fully saturated rings. The van der Waals surface area contributed by atoms with Gasteiger partial charge in [0.15, 0.2) is 17.3 Å². The van der Waals surface area contributed by atoms with Gasteiger partial charge >= 0.3 is 0 Å². The van der Waals surface area contributed by atoms with Crippen molar-refractivity contribution in [2.45, 2.75) is 6.54 Å². The van der Waals surface area contributed by atoms with Crippen LogP contribution in [0.25, 0.3) is 22.5 Å². The number of nitrogens with zero attached hydrogens (tertiary/aromatic N) is 5. The zero-order valence-corrected chi connectivity index (χ0v) is 17.4. The lowest BCUT2D eigenvalue weighted by Gasteiger charge is -2.11. The van der Waals surface area contributed by atoms with Crippen LogP contribution in [-0.2, 0) is 6.54 Å². The second-order valence-electron chi connectivity index (χ2n) is 6.99. The summed E-state index contributed by atoms with van der Waals surface area (Å²) in [4.78, 5) is 2.06. The first-order chi connectivity index (χ1) is 14.6. The van der Waals surface area contributed by atoms with Crippen LogP contribution in [0.1, 0.15) is 5.76 Å². The summed E-state index contributed by atoms with van der Waals surface area (Å²) < 4.78 is 17.9. The Morgan fingerprint density at radius 2 is 1.63 bits per heavy atom. The van der Waals surface area contributed by atoms with Gasteiger partial charge in [-0.25, -0.2) is 4.68 Å². The number of benzene rings is 2. The summed E-state index contributed by atoms with van der Waals surface area (Å²) in [6.07, 6.45) is 1.89. The van der Waals surface area contributed by atoms with Gasteiger partial charge in [-0.15, -0.1) is 5.10 Å². The van der Waals surface area contributed by atoms with Gasteiger partial charge in [0, 0.05) is 37.0 Å². The van der Waals surface area contributed by atoms with Gasteiger partial charge in [-0.2, -0.15) is 0 Å². The third kappa shape index (κ3) is 3.98. The predicted molar refractivity (Wildman–Crippen MR) is 114 cm³/mol. The first kappa shape index (κ1) is 19.5. The smallest absolute Gasteiger partial charge is 0.161 e. The molecule has 0 spiro atoms. The molecule has 0 atom stereocenters. The molecule has 0 bridgehead atoms. The number of rotatable bonds is 7. The van der Waals surface area contributed by atoms with Gasteiger partial charge in [0.05, 0.1) is 20.4 Å². The van der Waals surface area contributed by atoms with E-state index in [4.69, 9.17) is 14.0 Å². The van der Waals surface area contributed by atoms with E-state index in [0.29, 0.717) is 29.5 Å². The summed E-state index contributed by atoms with van der Waals surface area (Å²) in [5.74, 6) is 1.98. The highest BCUT2D eigenvalue weighted by Crippen LogP contribution is 2.32. The normalized spacial score (nSPS) is 10.8. The molecule has 4 aromatic rings. The van der Waals surface area contributed by atoms with Crippen molar-refractivity contribution in [3.8, 4) is 34.0 Å². The van der Waals surface area contributed by atoms with Gasteiger partial charge in [0.1, 0.15) is 17.9 Å². The fourth-order valence-corrected chi connectivity index (χ4v) is 3.12. The van der Waals surface area contributed by atoms with Gasteiger partial charge in [-0.05, 0) is 30.3 Å². The number of aromatic nitrogens is 4. The monoisotopic (exact) mass is 405 g/mol. The highest BCUT2D eigenvalue weighted by Gasteiger charge is 2.12. The number of hydrogen-bond donors (Lipinski definition) is 0. The summed E-state index contributed by atoms with van der Waals surface area (Å²) in [5.41, 5.74) is 4.54. The van der Waals surface area contributed by atoms with E-state index in [9.17, 15) is 0 Å². The fourth-order valence-electron chi connectivity index (χ4n) is 3.12. The average molecular weight is 405 g/mol. The summed E-state index contributed by atoms with van der Waals surface area (Å²) in [6, 6.07) is 15.7. The van der Waals surface area contributed by atoms with Gasteiger partial charge in [-0.1, -0.05) is 22.5 Å². The summed E-state index contributed by atoms with van der Waals surface area (Å²) in [7, 11) is 7.23. The van der Waals surface area contributed by atoms with Crippen molar-refractivity contribution in [3.63, 3.8) is 0 Å². The maximum atomic E-state index is 5.49. The van der Waals surface area contributed by atoms with Crippen LogP contribution in [0.3, 0.4) is 0 Å². The second kappa shape index (κ2) is 8.28. The molecule has 2 aromatic carbocycles. The molecule has 8 heteroatoms. The molecule has 4 rings (SSSR count). The fraction of sp³-hybridized carbons (Fsp3) is 0.227. The predicted octanol–water partition coefficient (Wildman–Crippen LogP) is 3.73. The van der Waals surface area contributed by atoms with E-state index in [1.54, 1.807) is 18.9 Å². The maximum absolute atomic E-state index is 5.49. The standard InChI is InChI=1S/C22H23N5O3/c1-26(2)17-8-5-15(6-9-17)20-14-27(25-23-20)13-18-12-19(24-30-18)16-7-10-21(28-3)22(11-16)29-4/h5-12,14H,13H2,1-4H3. The SMILES string of the molecule is COc1ccc(-c2cc(Cn3cc(-c4ccc(N(C)C)cc4)nn3)on2)cc1OC. The molecular weight excluding hydrogens is 382 g/mol. The Morgan fingerprint density at radius 3 is 2.33 bits per heavy atom. The molecule has 0 aliphatic carbocycles. The van der Waals surface area contributed by atoms with Crippen molar-refractivity contribution >= 4 is 5.69 Å². The largest absolute Gasteiger partial charge is 0.493 e. The van der Waals surface area contributed by atoms with Gasteiger partial charge < -0.3 is 18.9 Å². The number of anilines is 1. The van der Waals surface area contributed by atoms with E-state index in [0.717, 1.165) is 22.5 Å². The summed E-state index contributed by atoms with van der Waals surface area (Å²) in [6.45, 7) is 0.434. The Hall–Kier alpha value is -3.81. The Kier molecular flexibility index (Phi) is 5.38. The molecule has 0 amide bonds. The summed E-state index contributed by atoms with van der Waals surface area (Å²) in [5, 5.41) is 12.6. The molecule has 30 heavy (non-hydrogen) atoms. The minimum Gasteiger partial charge on any atom is -0.493 e. The highest BCUT2D eigenvalue weighted by molar-refractivity contribution is 5.64. The molecule has 2 aromatic heterocycles. The lowest BCUT2D eigenvalue weighted by Crippen LogP contribution is -2.07. The molecule has 2 heterocycles. The van der Waals surface area contributed by atoms with E-state index in [-0.39, 0.29) is 0 Å². The lowest BCUT2D eigenvalue weighted by molar-refractivity contribution is 0.355. The number of hydrogen-bond acceptors (Lipinski definition) is 7. The third-order valence-corrected chi connectivity index (χ3v) is 4.77. The van der Waals surface area contributed by atoms with Crippen LogP contribution < -0.4 is 14.4 Å².